The van der Waals surface area contributed by atoms with Crippen LogP contribution in [0.2, 0.25) is 10.0 Å². The van der Waals surface area contributed by atoms with Crippen LogP contribution in [0.1, 0.15) is 11.1 Å². The fraction of sp³-hybridized carbons (Fsp3) is 0.0625. The van der Waals surface area contributed by atoms with Gasteiger partial charge in [-0.3, -0.25) is 0 Å². The minimum absolute atomic E-state index is 0.397. The minimum atomic E-state index is -1.03. The number of benzene rings is 2. The predicted octanol–water partition coefficient (Wildman–Crippen LogP) is 5.19. The number of hydrogen-bond donors (Lipinski definition) is 1. The normalized spacial score (nSPS) is 10.8. The number of halogens is 2. The number of ether oxygens (including phenoxy) is 1. The van der Waals surface area contributed by atoms with Crippen molar-refractivity contribution < 1.29 is 14.6 Å². The maximum atomic E-state index is 10.5. The van der Waals surface area contributed by atoms with Crippen molar-refractivity contribution in [2.75, 3.05) is 0 Å². The summed E-state index contributed by atoms with van der Waals surface area (Å²) in [6, 6.07) is 10.5. The zero-order valence-electron chi connectivity index (χ0n) is 11.1. The molecule has 3 nitrogen and oxygen atoms in total. The monoisotopic (exact) mass is 322 g/mol. The summed E-state index contributed by atoms with van der Waals surface area (Å²) in [4.78, 5) is 10.5. The predicted molar refractivity (Wildman–Crippen MR) is 84.4 cm³/mol. The quantitative estimate of drug-likeness (QED) is 0.787. The Labute approximate surface area is 132 Å². The number of rotatable bonds is 4. The second kappa shape index (κ2) is 6.66. The number of aryl methyl sites for hydroxylation is 1. The molecule has 2 rings (SSSR count). The lowest BCUT2D eigenvalue weighted by Crippen LogP contribution is -1.88. The maximum absolute atomic E-state index is 10.5. The zero-order chi connectivity index (χ0) is 15.4. The van der Waals surface area contributed by atoms with Crippen LogP contribution in [0.4, 0.5) is 0 Å². The van der Waals surface area contributed by atoms with Crippen LogP contribution in [-0.2, 0) is 4.79 Å². The number of carbonyl (C=O) groups is 1. The molecule has 1 N–H and O–H groups in total. The van der Waals surface area contributed by atoms with Crippen LogP contribution in [0.5, 0.6) is 11.5 Å². The third kappa shape index (κ3) is 4.25. The Balaban J connectivity index is 2.22. The van der Waals surface area contributed by atoms with Gasteiger partial charge in [0.05, 0.1) is 10.0 Å². The lowest BCUT2D eigenvalue weighted by molar-refractivity contribution is -0.131. The SMILES string of the molecule is Cc1ccc(Oc2ccc(/C=C/C(=O)O)c(Cl)c2)c(Cl)c1. The standard InChI is InChI=1S/C16H12Cl2O3/c1-10-2-6-15(14(18)8-10)21-12-5-3-11(13(17)9-12)4-7-16(19)20/h2-9H,1H3,(H,19,20)/b7-4+. The fourth-order valence-corrected chi connectivity index (χ4v) is 2.19. The molecule has 0 saturated carbocycles. The van der Waals surface area contributed by atoms with Crippen molar-refractivity contribution in [1.29, 1.82) is 0 Å². The van der Waals surface area contributed by atoms with E-state index in [0.717, 1.165) is 11.6 Å². The highest BCUT2D eigenvalue weighted by Gasteiger charge is 2.05. The molecule has 0 atom stereocenters. The lowest BCUT2D eigenvalue weighted by atomic mass is 10.2. The van der Waals surface area contributed by atoms with E-state index in [1.165, 1.54) is 6.08 Å². The van der Waals surface area contributed by atoms with Gasteiger partial charge in [-0.15, -0.1) is 0 Å². The van der Waals surface area contributed by atoms with Crippen LogP contribution in [-0.4, -0.2) is 11.1 Å². The molecule has 2 aromatic rings. The van der Waals surface area contributed by atoms with Crippen LogP contribution in [0.25, 0.3) is 6.08 Å². The maximum Gasteiger partial charge on any atom is 0.328 e. The van der Waals surface area contributed by atoms with Crippen LogP contribution in [0, 0.1) is 6.92 Å². The molecule has 0 aromatic heterocycles. The van der Waals surface area contributed by atoms with Gasteiger partial charge >= 0.3 is 5.97 Å². The summed E-state index contributed by atoms with van der Waals surface area (Å²) in [6.07, 6.45) is 2.45. The van der Waals surface area contributed by atoms with Crippen molar-refractivity contribution in [3.05, 3.63) is 63.6 Å². The van der Waals surface area contributed by atoms with Crippen molar-refractivity contribution in [3.8, 4) is 11.5 Å². The molecule has 0 heterocycles. The average molecular weight is 323 g/mol. The summed E-state index contributed by atoms with van der Waals surface area (Å²) in [7, 11) is 0. The highest BCUT2D eigenvalue weighted by Crippen LogP contribution is 2.32. The van der Waals surface area contributed by atoms with Gasteiger partial charge in [-0.1, -0.05) is 29.3 Å². The molecular weight excluding hydrogens is 311 g/mol. The van der Waals surface area contributed by atoms with Gasteiger partial charge in [-0.05, 0) is 54.5 Å². The molecule has 0 unspecified atom stereocenters. The van der Waals surface area contributed by atoms with Crippen molar-refractivity contribution >= 4 is 35.2 Å². The Kier molecular flexibility index (Phi) is 4.89. The lowest BCUT2D eigenvalue weighted by Gasteiger charge is -2.09. The van der Waals surface area contributed by atoms with Gasteiger partial charge in [-0.25, -0.2) is 4.79 Å². The Morgan fingerprint density at radius 2 is 1.90 bits per heavy atom. The first-order valence-corrected chi connectivity index (χ1v) is 6.86. The Morgan fingerprint density at radius 3 is 2.52 bits per heavy atom. The van der Waals surface area contributed by atoms with Gasteiger partial charge < -0.3 is 9.84 Å². The molecular formula is C16H12Cl2O3. The van der Waals surface area contributed by atoms with E-state index in [1.54, 1.807) is 24.3 Å². The molecule has 0 spiro atoms. The van der Waals surface area contributed by atoms with Gasteiger partial charge in [0, 0.05) is 6.08 Å². The molecule has 21 heavy (non-hydrogen) atoms. The zero-order valence-corrected chi connectivity index (χ0v) is 12.7. The molecule has 0 aliphatic carbocycles. The molecule has 0 aliphatic heterocycles. The average Bonchev–Trinajstić information content (AvgIpc) is 2.41. The largest absolute Gasteiger partial charge is 0.478 e. The van der Waals surface area contributed by atoms with Gasteiger partial charge in [0.25, 0.3) is 0 Å². The number of hydrogen-bond acceptors (Lipinski definition) is 2. The number of carboxylic acids is 1. The molecule has 2 aromatic carbocycles. The summed E-state index contributed by atoms with van der Waals surface area (Å²) in [6.45, 7) is 1.94. The topological polar surface area (TPSA) is 46.5 Å². The van der Waals surface area contributed by atoms with Crippen molar-refractivity contribution in [1.82, 2.24) is 0 Å². The van der Waals surface area contributed by atoms with E-state index >= 15 is 0 Å². The van der Waals surface area contributed by atoms with Crippen molar-refractivity contribution in [3.63, 3.8) is 0 Å². The summed E-state index contributed by atoms with van der Waals surface area (Å²) in [5, 5.41) is 9.51. The Morgan fingerprint density at radius 1 is 1.14 bits per heavy atom. The first-order valence-electron chi connectivity index (χ1n) is 6.10. The summed E-state index contributed by atoms with van der Waals surface area (Å²) >= 11 is 12.2. The van der Waals surface area contributed by atoms with Crippen molar-refractivity contribution in [2.24, 2.45) is 0 Å². The van der Waals surface area contributed by atoms with Gasteiger partial charge in [0.15, 0.2) is 0 Å². The molecule has 108 valence electrons. The molecule has 0 radical (unpaired) electrons. The summed E-state index contributed by atoms with van der Waals surface area (Å²) in [5.74, 6) is 0.0308. The highest BCUT2D eigenvalue weighted by atomic mass is 35.5. The van der Waals surface area contributed by atoms with E-state index in [2.05, 4.69) is 0 Å². The summed E-state index contributed by atoms with van der Waals surface area (Å²) in [5.41, 5.74) is 1.64. The van der Waals surface area contributed by atoms with Crippen molar-refractivity contribution in [2.45, 2.75) is 6.92 Å². The van der Waals surface area contributed by atoms with Crippen LogP contribution in [0.3, 0.4) is 0 Å². The highest BCUT2D eigenvalue weighted by molar-refractivity contribution is 6.32. The van der Waals surface area contributed by atoms with E-state index < -0.39 is 5.97 Å². The third-order valence-corrected chi connectivity index (χ3v) is 3.32. The Bertz CT molecular complexity index is 709. The first-order chi connectivity index (χ1) is 9.95. The smallest absolute Gasteiger partial charge is 0.328 e. The van der Waals surface area contributed by atoms with Crippen LogP contribution >= 0.6 is 23.2 Å². The third-order valence-electron chi connectivity index (χ3n) is 2.69. The molecule has 0 aliphatic rings. The van der Waals surface area contributed by atoms with E-state index in [0.29, 0.717) is 27.1 Å². The van der Waals surface area contributed by atoms with E-state index in [4.69, 9.17) is 33.0 Å². The second-order valence-corrected chi connectivity index (χ2v) is 5.21. The first kappa shape index (κ1) is 15.4. The fourth-order valence-electron chi connectivity index (χ4n) is 1.68. The van der Waals surface area contributed by atoms with Gasteiger partial charge in [-0.2, -0.15) is 0 Å². The number of aliphatic carboxylic acids is 1. The van der Waals surface area contributed by atoms with Crippen LogP contribution in [0.15, 0.2) is 42.5 Å². The molecule has 5 heteroatoms. The number of carboxylic acid groups (broad SMARTS) is 1. The Hall–Kier alpha value is -1.97. The van der Waals surface area contributed by atoms with E-state index in [-0.39, 0.29) is 0 Å². The molecule has 0 bridgehead atoms. The second-order valence-electron chi connectivity index (χ2n) is 4.39. The van der Waals surface area contributed by atoms with E-state index in [9.17, 15) is 4.79 Å². The minimum Gasteiger partial charge on any atom is -0.478 e. The summed E-state index contributed by atoms with van der Waals surface area (Å²) < 4.78 is 5.67. The van der Waals surface area contributed by atoms with Crippen LogP contribution < -0.4 is 4.74 Å². The molecule has 0 fully saturated rings. The molecule has 0 saturated heterocycles. The van der Waals surface area contributed by atoms with Gasteiger partial charge in [0.2, 0.25) is 0 Å². The van der Waals surface area contributed by atoms with E-state index in [1.807, 2.05) is 19.1 Å². The van der Waals surface area contributed by atoms with Gasteiger partial charge in [0.1, 0.15) is 11.5 Å². The molecule has 0 amide bonds.